The van der Waals surface area contributed by atoms with Gasteiger partial charge in [-0.15, -0.1) is 0 Å². The predicted octanol–water partition coefficient (Wildman–Crippen LogP) is 3.93. The van der Waals surface area contributed by atoms with Gasteiger partial charge in [0, 0.05) is 49.4 Å². The third kappa shape index (κ3) is 4.14. The summed E-state index contributed by atoms with van der Waals surface area (Å²) in [6, 6.07) is 12.2. The maximum atomic E-state index is 5.38. The van der Waals surface area contributed by atoms with Crippen LogP contribution >= 0.6 is 0 Å². The summed E-state index contributed by atoms with van der Waals surface area (Å²) in [6.45, 7) is 3.03. The summed E-state index contributed by atoms with van der Waals surface area (Å²) in [7, 11) is 1.69. The molecule has 1 atom stereocenters. The fourth-order valence-electron chi connectivity index (χ4n) is 3.81. The van der Waals surface area contributed by atoms with Crippen molar-refractivity contribution in [2.24, 2.45) is 0 Å². The lowest BCUT2D eigenvalue weighted by Gasteiger charge is -2.33. The third-order valence-electron chi connectivity index (χ3n) is 5.09. The van der Waals surface area contributed by atoms with Gasteiger partial charge in [0.2, 0.25) is 0 Å². The monoisotopic (exact) mass is 360 g/mol. The highest BCUT2D eigenvalue weighted by Gasteiger charge is 2.25. The fraction of sp³-hybridized carbons (Fsp3) is 0.318. The van der Waals surface area contributed by atoms with Crippen LogP contribution in [0, 0.1) is 0 Å². The Labute approximate surface area is 160 Å². The molecule has 0 saturated carbocycles. The van der Waals surface area contributed by atoms with Crippen molar-refractivity contribution in [2.75, 3.05) is 20.2 Å². The summed E-state index contributed by atoms with van der Waals surface area (Å²) in [5.74, 6) is 1.22. The van der Waals surface area contributed by atoms with Crippen LogP contribution in [-0.2, 0) is 6.54 Å². The van der Waals surface area contributed by atoms with E-state index in [1.807, 2.05) is 36.7 Å². The molecular formula is C22H24N4O. The summed E-state index contributed by atoms with van der Waals surface area (Å²) < 4.78 is 5.38. The van der Waals surface area contributed by atoms with E-state index >= 15 is 0 Å². The number of piperidine rings is 1. The summed E-state index contributed by atoms with van der Waals surface area (Å²) in [4.78, 5) is 16.1. The highest BCUT2D eigenvalue weighted by molar-refractivity contribution is 5.64. The van der Waals surface area contributed by atoms with Crippen molar-refractivity contribution in [3.63, 3.8) is 0 Å². The molecule has 0 N–H and O–H groups in total. The second kappa shape index (κ2) is 8.27. The van der Waals surface area contributed by atoms with Crippen LogP contribution in [-0.4, -0.2) is 40.1 Å². The van der Waals surface area contributed by atoms with Crippen molar-refractivity contribution in [2.45, 2.75) is 25.3 Å². The summed E-state index contributed by atoms with van der Waals surface area (Å²) in [5, 5.41) is 0. The standard InChI is InChI=1S/C22H24N4O/c1-27-20-8-2-6-18(13-20)21-22(25-11-10-24-21)19-7-4-12-26(16-19)15-17-5-3-9-23-14-17/h2-3,5-6,8-11,13-14,19H,4,7,12,15-16H2,1H3/t19-/m0/s1. The van der Waals surface area contributed by atoms with Crippen molar-refractivity contribution >= 4 is 0 Å². The number of benzene rings is 1. The van der Waals surface area contributed by atoms with Crippen LogP contribution in [0.15, 0.2) is 61.2 Å². The Morgan fingerprint density at radius 1 is 1.11 bits per heavy atom. The molecule has 0 amide bonds. The van der Waals surface area contributed by atoms with Gasteiger partial charge in [-0.1, -0.05) is 18.2 Å². The first kappa shape index (κ1) is 17.6. The van der Waals surface area contributed by atoms with E-state index in [4.69, 9.17) is 9.72 Å². The van der Waals surface area contributed by atoms with Gasteiger partial charge in [-0.2, -0.15) is 0 Å². The average molecular weight is 360 g/mol. The first-order valence-corrected chi connectivity index (χ1v) is 9.40. The molecule has 5 heteroatoms. The Morgan fingerprint density at radius 3 is 2.89 bits per heavy atom. The smallest absolute Gasteiger partial charge is 0.119 e. The lowest BCUT2D eigenvalue weighted by atomic mass is 9.91. The average Bonchev–Trinajstić information content (AvgIpc) is 2.75. The minimum absolute atomic E-state index is 0.380. The second-order valence-electron chi connectivity index (χ2n) is 6.96. The molecule has 1 fully saturated rings. The van der Waals surface area contributed by atoms with Gasteiger partial charge in [0.1, 0.15) is 5.75 Å². The highest BCUT2D eigenvalue weighted by atomic mass is 16.5. The molecule has 1 saturated heterocycles. The predicted molar refractivity (Wildman–Crippen MR) is 106 cm³/mol. The van der Waals surface area contributed by atoms with Gasteiger partial charge in [-0.25, -0.2) is 0 Å². The van der Waals surface area contributed by atoms with Gasteiger partial charge in [-0.05, 0) is 43.1 Å². The van der Waals surface area contributed by atoms with Crippen molar-refractivity contribution in [3.05, 3.63) is 72.4 Å². The van der Waals surface area contributed by atoms with Crippen molar-refractivity contribution in [3.8, 4) is 17.0 Å². The molecule has 138 valence electrons. The summed E-state index contributed by atoms with van der Waals surface area (Å²) in [5.41, 5.74) is 4.36. The Balaban J connectivity index is 1.57. The first-order valence-electron chi connectivity index (χ1n) is 9.40. The summed E-state index contributed by atoms with van der Waals surface area (Å²) >= 11 is 0. The van der Waals surface area contributed by atoms with Crippen molar-refractivity contribution in [1.82, 2.24) is 19.9 Å². The highest BCUT2D eigenvalue weighted by Crippen LogP contribution is 2.33. The maximum absolute atomic E-state index is 5.38. The molecule has 3 aromatic rings. The van der Waals surface area contributed by atoms with E-state index in [1.54, 1.807) is 19.5 Å². The Hall–Kier alpha value is -2.79. The molecule has 3 heterocycles. The number of nitrogens with zero attached hydrogens (tertiary/aromatic N) is 4. The largest absolute Gasteiger partial charge is 0.497 e. The van der Waals surface area contributed by atoms with E-state index < -0.39 is 0 Å². The van der Waals surface area contributed by atoms with Gasteiger partial charge in [0.15, 0.2) is 0 Å². The van der Waals surface area contributed by atoms with Gasteiger partial charge >= 0.3 is 0 Å². The topological polar surface area (TPSA) is 51.1 Å². The van der Waals surface area contributed by atoms with Gasteiger partial charge in [0.25, 0.3) is 0 Å². The molecule has 0 unspecified atom stereocenters. The Kier molecular flexibility index (Phi) is 5.39. The normalized spacial score (nSPS) is 17.6. The third-order valence-corrected chi connectivity index (χ3v) is 5.09. The van der Waals surface area contributed by atoms with Crippen LogP contribution in [0.5, 0.6) is 5.75 Å². The number of ether oxygens (including phenoxy) is 1. The number of likely N-dealkylation sites (tertiary alicyclic amines) is 1. The molecule has 0 radical (unpaired) electrons. The van der Waals surface area contributed by atoms with E-state index in [9.17, 15) is 0 Å². The van der Waals surface area contributed by atoms with E-state index in [-0.39, 0.29) is 0 Å². The van der Waals surface area contributed by atoms with Crippen LogP contribution < -0.4 is 4.74 Å². The quantitative estimate of drug-likeness (QED) is 0.690. The van der Waals surface area contributed by atoms with Crippen LogP contribution in [0.1, 0.15) is 30.0 Å². The fourth-order valence-corrected chi connectivity index (χ4v) is 3.81. The molecule has 5 nitrogen and oxygen atoms in total. The number of aromatic nitrogens is 3. The van der Waals surface area contributed by atoms with Crippen LogP contribution in [0.25, 0.3) is 11.3 Å². The van der Waals surface area contributed by atoms with Crippen LogP contribution in [0.2, 0.25) is 0 Å². The molecular weight excluding hydrogens is 336 g/mol. The number of methoxy groups -OCH3 is 1. The molecule has 4 rings (SSSR count). The SMILES string of the molecule is COc1cccc(-c2nccnc2[C@H]2CCCN(Cc3cccnc3)C2)c1. The number of rotatable bonds is 5. The minimum atomic E-state index is 0.380. The van der Waals surface area contributed by atoms with Crippen molar-refractivity contribution in [1.29, 1.82) is 0 Å². The Bertz CT molecular complexity index is 884. The first-order chi connectivity index (χ1) is 13.3. The van der Waals surface area contributed by atoms with E-state index in [1.165, 1.54) is 12.0 Å². The molecule has 1 aliphatic heterocycles. The maximum Gasteiger partial charge on any atom is 0.119 e. The molecule has 2 aromatic heterocycles. The second-order valence-corrected chi connectivity index (χ2v) is 6.96. The van der Waals surface area contributed by atoms with E-state index in [0.29, 0.717) is 5.92 Å². The van der Waals surface area contributed by atoms with Crippen LogP contribution in [0.4, 0.5) is 0 Å². The van der Waals surface area contributed by atoms with Crippen LogP contribution in [0.3, 0.4) is 0 Å². The van der Waals surface area contributed by atoms with Crippen molar-refractivity contribution < 1.29 is 4.74 Å². The molecule has 1 aliphatic rings. The Morgan fingerprint density at radius 2 is 2.04 bits per heavy atom. The van der Waals surface area contributed by atoms with Gasteiger partial charge in [0.05, 0.1) is 18.5 Å². The molecule has 0 aliphatic carbocycles. The molecule has 0 spiro atoms. The van der Waals surface area contributed by atoms with E-state index in [0.717, 1.165) is 48.8 Å². The molecule has 0 bridgehead atoms. The zero-order valence-electron chi connectivity index (χ0n) is 15.6. The number of hydrogen-bond donors (Lipinski definition) is 0. The zero-order chi connectivity index (χ0) is 18.5. The lowest BCUT2D eigenvalue weighted by Crippen LogP contribution is -2.34. The zero-order valence-corrected chi connectivity index (χ0v) is 15.6. The summed E-state index contributed by atoms with van der Waals surface area (Å²) in [6.07, 6.45) is 9.65. The minimum Gasteiger partial charge on any atom is -0.497 e. The molecule has 1 aromatic carbocycles. The number of pyridine rings is 1. The lowest BCUT2D eigenvalue weighted by molar-refractivity contribution is 0.198. The van der Waals surface area contributed by atoms with E-state index in [2.05, 4.69) is 27.0 Å². The van der Waals surface area contributed by atoms with Gasteiger partial charge < -0.3 is 4.74 Å². The van der Waals surface area contributed by atoms with Gasteiger partial charge in [-0.3, -0.25) is 19.9 Å². The number of hydrogen-bond acceptors (Lipinski definition) is 5. The molecule has 27 heavy (non-hydrogen) atoms.